The van der Waals surface area contributed by atoms with E-state index in [9.17, 15) is 13.6 Å². The van der Waals surface area contributed by atoms with E-state index in [2.05, 4.69) is 21.2 Å². The Labute approximate surface area is 122 Å². The van der Waals surface area contributed by atoms with E-state index in [1.165, 1.54) is 12.1 Å². The van der Waals surface area contributed by atoms with Crippen LogP contribution in [0.1, 0.15) is 15.9 Å². The van der Waals surface area contributed by atoms with Gasteiger partial charge in [-0.1, -0.05) is 6.07 Å². The summed E-state index contributed by atoms with van der Waals surface area (Å²) in [5.74, 6) is -2.23. The average Bonchev–Trinajstić information content (AvgIpc) is 2.42. The van der Waals surface area contributed by atoms with Gasteiger partial charge in [-0.15, -0.1) is 0 Å². The van der Waals surface area contributed by atoms with Gasteiger partial charge >= 0.3 is 0 Å². The molecule has 1 amide bonds. The van der Waals surface area contributed by atoms with Crippen LogP contribution in [-0.4, -0.2) is 5.91 Å². The highest BCUT2D eigenvalue weighted by Gasteiger charge is 2.14. The molecule has 2 rings (SSSR count). The molecule has 0 radical (unpaired) electrons. The van der Waals surface area contributed by atoms with E-state index in [1.54, 1.807) is 12.1 Å². The number of carbonyl (C=O) groups is 1. The molecule has 0 bridgehead atoms. The lowest BCUT2D eigenvalue weighted by Crippen LogP contribution is -2.13. The zero-order valence-corrected chi connectivity index (χ0v) is 11.5. The van der Waals surface area contributed by atoms with Gasteiger partial charge in [-0.2, -0.15) is 5.26 Å². The first-order valence-electron chi connectivity index (χ1n) is 5.47. The third-order valence-electron chi connectivity index (χ3n) is 2.50. The van der Waals surface area contributed by atoms with Crippen LogP contribution in [0.5, 0.6) is 0 Å². The number of benzene rings is 2. The van der Waals surface area contributed by atoms with Crippen LogP contribution in [0.25, 0.3) is 0 Å². The molecule has 0 saturated carbocycles. The number of rotatable bonds is 2. The van der Waals surface area contributed by atoms with Crippen molar-refractivity contribution in [1.82, 2.24) is 0 Å². The van der Waals surface area contributed by atoms with Crippen molar-refractivity contribution in [2.24, 2.45) is 0 Å². The molecule has 0 aliphatic carbocycles. The van der Waals surface area contributed by atoms with Crippen molar-refractivity contribution in [2.75, 3.05) is 5.32 Å². The Hall–Kier alpha value is -2.26. The van der Waals surface area contributed by atoms with Gasteiger partial charge in [-0.05, 0) is 40.2 Å². The third kappa shape index (κ3) is 3.00. The topological polar surface area (TPSA) is 52.9 Å². The van der Waals surface area contributed by atoms with E-state index < -0.39 is 17.5 Å². The van der Waals surface area contributed by atoms with Gasteiger partial charge in [0.05, 0.1) is 17.3 Å². The summed E-state index contributed by atoms with van der Waals surface area (Å²) in [4.78, 5) is 12.0. The quantitative estimate of drug-likeness (QED) is 0.905. The first-order chi connectivity index (χ1) is 9.51. The molecule has 0 spiro atoms. The molecule has 0 atom stereocenters. The van der Waals surface area contributed by atoms with Crippen LogP contribution in [0, 0.1) is 23.0 Å². The lowest BCUT2D eigenvalue weighted by atomic mass is 10.1. The number of carbonyl (C=O) groups excluding carboxylic acids is 1. The summed E-state index contributed by atoms with van der Waals surface area (Å²) in [5, 5.41) is 11.1. The van der Waals surface area contributed by atoms with Gasteiger partial charge in [0.2, 0.25) is 0 Å². The second-order valence-electron chi connectivity index (χ2n) is 3.89. The van der Waals surface area contributed by atoms with Crippen molar-refractivity contribution in [2.45, 2.75) is 0 Å². The molecule has 3 nitrogen and oxygen atoms in total. The lowest BCUT2D eigenvalue weighted by Gasteiger charge is -2.09. The second-order valence-corrected chi connectivity index (χ2v) is 4.75. The van der Waals surface area contributed by atoms with E-state index in [1.807, 2.05) is 6.07 Å². The van der Waals surface area contributed by atoms with Crippen molar-refractivity contribution < 1.29 is 13.6 Å². The molecule has 0 saturated heterocycles. The van der Waals surface area contributed by atoms with Gasteiger partial charge in [0.25, 0.3) is 5.91 Å². The lowest BCUT2D eigenvalue weighted by molar-refractivity contribution is 0.102. The number of nitriles is 1. The molecule has 0 aromatic heterocycles. The van der Waals surface area contributed by atoms with E-state index in [0.717, 1.165) is 6.07 Å². The van der Waals surface area contributed by atoms with Crippen LogP contribution < -0.4 is 5.32 Å². The van der Waals surface area contributed by atoms with Gasteiger partial charge in [0.1, 0.15) is 5.82 Å². The van der Waals surface area contributed by atoms with Crippen molar-refractivity contribution in [3.63, 3.8) is 0 Å². The van der Waals surface area contributed by atoms with E-state index in [-0.39, 0.29) is 15.7 Å². The number of nitrogens with zero attached hydrogens (tertiary/aromatic N) is 1. The highest BCUT2D eigenvalue weighted by Crippen LogP contribution is 2.27. The summed E-state index contributed by atoms with van der Waals surface area (Å²) in [6.45, 7) is 0. The largest absolute Gasteiger partial charge is 0.319 e. The first-order valence-corrected chi connectivity index (χ1v) is 6.26. The van der Waals surface area contributed by atoms with Crippen LogP contribution in [0.15, 0.2) is 40.9 Å². The Balaban J connectivity index is 2.31. The predicted octanol–water partition coefficient (Wildman–Crippen LogP) is 3.85. The zero-order valence-electron chi connectivity index (χ0n) is 9.95. The molecule has 6 heteroatoms. The number of halogens is 3. The van der Waals surface area contributed by atoms with Crippen LogP contribution >= 0.6 is 15.9 Å². The van der Waals surface area contributed by atoms with Gasteiger partial charge in [0.15, 0.2) is 5.82 Å². The summed E-state index contributed by atoms with van der Waals surface area (Å²) in [7, 11) is 0. The maximum absolute atomic E-state index is 13.6. The minimum Gasteiger partial charge on any atom is -0.319 e. The molecule has 0 fully saturated rings. The van der Waals surface area contributed by atoms with Gasteiger partial charge in [-0.25, -0.2) is 8.78 Å². The normalized spacial score (nSPS) is 9.90. The number of nitrogens with one attached hydrogen (secondary N) is 1. The minimum atomic E-state index is -0.887. The Morgan fingerprint density at radius 3 is 2.65 bits per heavy atom. The monoisotopic (exact) mass is 336 g/mol. The number of amides is 1. The molecule has 0 aliphatic rings. The van der Waals surface area contributed by atoms with Crippen LogP contribution in [0.4, 0.5) is 14.5 Å². The van der Waals surface area contributed by atoms with Crippen LogP contribution in [0.3, 0.4) is 0 Å². The highest BCUT2D eigenvalue weighted by molar-refractivity contribution is 9.10. The standard InChI is InChI=1S/C14H7BrF2N2O/c15-11-5-10(16)6-12(17)13(11)19-14(20)9-3-1-2-8(4-9)7-18/h1-6H,(H,19,20). The molecule has 2 aromatic carbocycles. The van der Waals surface area contributed by atoms with Crippen molar-refractivity contribution in [3.05, 3.63) is 63.6 Å². The Morgan fingerprint density at radius 2 is 2.00 bits per heavy atom. The molecule has 0 aliphatic heterocycles. The third-order valence-corrected chi connectivity index (χ3v) is 3.12. The predicted molar refractivity (Wildman–Crippen MR) is 73.2 cm³/mol. The molecule has 100 valence electrons. The van der Waals surface area contributed by atoms with E-state index in [0.29, 0.717) is 11.6 Å². The van der Waals surface area contributed by atoms with Crippen molar-refractivity contribution in [1.29, 1.82) is 5.26 Å². The summed E-state index contributed by atoms with van der Waals surface area (Å²) >= 11 is 2.98. The van der Waals surface area contributed by atoms with Gasteiger partial charge < -0.3 is 5.32 Å². The van der Waals surface area contributed by atoms with Gasteiger partial charge in [0, 0.05) is 16.1 Å². The van der Waals surface area contributed by atoms with Crippen LogP contribution in [0.2, 0.25) is 0 Å². The fraction of sp³-hybridized carbons (Fsp3) is 0. The summed E-state index contributed by atoms with van der Waals surface area (Å²) in [5.41, 5.74) is 0.370. The fourth-order valence-corrected chi connectivity index (χ4v) is 2.08. The summed E-state index contributed by atoms with van der Waals surface area (Å²) < 4.78 is 26.6. The number of hydrogen-bond acceptors (Lipinski definition) is 2. The van der Waals surface area contributed by atoms with E-state index in [4.69, 9.17) is 5.26 Å². The van der Waals surface area contributed by atoms with Crippen LogP contribution in [-0.2, 0) is 0 Å². The fourth-order valence-electron chi connectivity index (χ4n) is 1.58. The van der Waals surface area contributed by atoms with Crippen molar-refractivity contribution in [3.8, 4) is 6.07 Å². The molecular formula is C14H7BrF2N2O. The Kier molecular flexibility index (Phi) is 4.11. The number of anilines is 1. The molecule has 20 heavy (non-hydrogen) atoms. The molecule has 2 aromatic rings. The zero-order chi connectivity index (χ0) is 14.7. The van der Waals surface area contributed by atoms with Crippen molar-refractivity contribution >= 4 is 27.5 Å². The Bertz CT molecular complexity index is 702. The summed E-state index contributed by atoms with van der Waals surface area (Å²) in [6.07, 6.45) is 0. The average molecular weight is 337 g/mol. The SMILES string of the molecule is N#Cc1cccc(C(=O)Nc2c(F)cc(F)cc2Br)c1. The molecule has 1 N–H and O–H groups in total. The number of hydrogen-bond donors (Lipinski definition) is 1. The molecular weight excluding hydrogens is 330 g/mol. The second kappa shape index (κ2) is 5.80. The highest BCUT2D eigenvalue weighted by atomic mass is 79.9. The van der Waals surface area contributed by atoms with Gasteiger partial charge in [-0.3, -0.25) is 4.79 Å². The molecule has 0 heterocycles. The maximum Gasteiger partial charge on any atom is 0.255 e. The summed E-state index contributed by atoms with van der Waals surface area (Å²) in [6, 6.07) is 9.59. The maximum atomic E-state index is 13.6. The molecule has 0 unspecified atom stereocenters. The smallest absolute Gasteiger partial charge is 0.255 e. The Morgan fingerprint density at radius 1 is 1.25 bits per heavy atom. The first kappa shape index (κ1) is 14.2. The van der Waals surface area contributed by atoms with E-state index >= 15 is 0 Å². The minimum absolute atomic E-state index is 0.0970.